The predicted molar refractivity (Wildman–Crippen MR) is 144 cm³/mol. The van der Waals surface area contributed by atoms with Crippen molar-refractivity contribution in [2.75, 3.05) is 39.3 Å². The average Bonchev–Trinajstić information content (AvgIpc) is 3.21. The molecule has 0 N–H and O–H groups in total. The van der Waals surface area contributed by atoms with E-state index >= 15 is 0 Å². The lowest BCUT2D eigenvalue weighted by Crippen LogP contribution is -2.49. The third kappa shape index (κ3) is 4.49. The number of amides is 2. The molecular weight excluding hydrogens is 468 g/mol. The molecule has 1 unspecified atom stereocenters. The number of likely N-dealkylation sites (tertiary alicyclic amines) is 1. The van der Waals surface area contributed by atoms with Crippen LogP contribution in [0, 0.1) is 16.7 Å². The fraction of sp³-hybridized carbons (Fsp3) is 0.621. The smallest absolute Gasteiger partial charge is 0.273 e. The number of carbonyl (C=O) groups excluding carboxylic acids is 2. The fourth-order valence-electron chi connectivity index (χ4n) is 6.33. The molecule has 7 heteroatoms. The highest BCUT2D eigenvalue weighted by Crippen LogP contribution is 2.68. The predicted octanol–water partition coefficient (Wildman–Crippen LogP) is 5.05. The second-order valence-electron chi connectivity index (χ2n) is 12.0. The fourth-order valence-corrected chi connectivity index (χ4v) is 7.30. The molecule has 6 nitrogen and oxygen atoms in total. The minimum atomic E-state index is 0.0512. The van der Waals surface area contributed by atoms with E-state index in [0.29, 0.717) is 23.6 Å². The molecule has 194 valence electrons. The summed E-state index contributed by atoms with van der Waals surface area (Å²) in [5.74, 6) is 0.834. The largest absolute Gasteiger partial charge is 0.342 e. The first kappa shape index (κ1) is 25.4. The number of hydrogen-bond acceptors (Lipinski definition) is 5. The Hall–Kier alpha value is -2.25. The van der Waals surface area contributed by atoms with Gasteiger partial charge in [-0.1, -0.05) is 58.0 Å². The van der Waals surface area contributed by atoms with Crippen molar-refractivity contribution in [2.24, 2.45) is 16.7 Å². The van der Waals surface area contributed by atoms with Crippen LogP contribution >= 0.6 is 11.3 Å². The van der Waals surface area contributed by atoms with E-state index in [9.17, 15) is 9.59 Å². The second kappa shape index (κ2) is 9.56. The maximum atomic E-state index is 13.2. The molecule has 3 heterocycles. The summed E-state index contributed by atoms with van der Waals surface area (Å²) in [6.07, 6.45) is 1.85. The summed E-state index contributed by atoms with van der Waals surface area (Å²) in [7, 11) is 0. The van der Waals surface area contributed by atoms with Gasteiger partial charge in [0.1, 0.15) is 5.69 Å². The minimum absolute atomic E-state index is 0.0512. The van der Waals surface area contributed by atoms with Crippen molar-refractivity contribution >= 4 is 23.2 Å². The maximum Gasteiger partial charge on any atom is 0.273 e. The van der Waals surface area contributed by atoms with E-state index in [0.717, 1.165) is 57.1 Å². The summed E-state index contributed by atoms with van der Waals surface area (Å²) in [6, 6.07) is 10.9. The van der Waals surface area contributed by atoms with Crippen molar-refractivity contribution in [3.63, 3.8) is 0 Å². The number of carbonyl (C=O) groups is 2. The van der Waals surface area contributed by atoms with Crippen molar-refractivity contribution in [2.45, 2.75) is 59.4 Å². The number of piperidine rings is 1. The van der Waals surface area contributed by atoms with Crippen LogP contribution in [0.4, 0.5) is 0 Å². The van der Waals surface area contributed by atoms with Crippen LogP contribution in [0.5, 0.6) is 0 Å². The maximum absolute atomic E-state index is 13.2. The van der Waals surface area contributed by atoms with Gasteiger partial charge >= 0.3 is 0 Å². The van der Waals surface area contributed by atoms with Gasteiger partial charge in [0.25, 0.3) is 5.91 Å². The van der Waals surface area contributed by atoms with Gasteiger partial charge in [-0.2, -0.15) is 0 Å². The third-order valence-corrected chi connectivity index (χ3v) is 10.6. The Balaban J connectivity index is 1.12. The minimum Gasteiger partial charge on any atom is -0.342 e. The summed E-state index contributed by atoms with van der Waals surface area (Å²) >= 11 is 1.61. The van der Waals surface area contributed by atoms with Gasteiger partial charge in [0.15, 0.2) is 0 Å². The van der Waals surface area contributed by atoms with Crippen LogP contribution < -0.4 is 0 Å². The van der Waals surface area contributed by atoms with Crippen molar-refractivity contribution in [1.82, 2.24) is 19.7 Å². The van der Waals surface area contributed by atoms with Gasteiger partial charge in [0.2, 0.25) is 5.91 Å². The number of hydrogen-bond donors (Lipinski definition) is 0. The molecule has 3 aliphatic rings. The highest BCUT2D eigenvalue weighted by atomic mass is 32.1. The van der Waals surface area contributed by atoms with Crippen LogP contribution in [0.2, 0.25) is 0 Å². The molecular formula is C29H40N4O2S. The molecule has 1 atom stereocenters. The second-order valence-corrected chi connectivity index (χ2v) is 12.9. The topological polar surface area (TPSA) is 56.8 Å². The first-order valence-electron chi connectivity index (χ1n) is 13.4. The van der Waals surface area contributed by atoms with E-state index in [4.69, 9.17) is 4.98 Å². The molecule has 3 fully saturated rings. The summed E-state index contributed by atoms with van der Waals surface area (Å²) in [6.45, 7) is 15.9. The Morgan fingerprint density at radius 2 is 1.53 bits per heavy atom. The van der Waals surface area contributed by atoms with E-state index in [1.165, 1.54) is 5.56 Å². The number of piperazine rings is 1. The first-order chi connectivity index (χ1) is 17.1. The van der Waals surface area contributed by atoms with E-state index in [1.54, 1.807) is 11.3 Å². The number of aromatic nitrogens is 1. The lowest BCUT2D eigenvalue weighted by atomic mass is 9.96. The zero-order chi connectivity index (χ0) is 25.7. The van der Waals surface area contributed by atoms with E-state index in [2.05, 4.69) is 68.7 Å². The zero-order valence-corrected chi connectivity index (χ0v) is 23.2. The molecule has 1 aliphatic carbocycles. The molecule has 2 aliphatic heterocycles. The van der Waals surface area contributed by atoms with Crippen molar-refractivity contribution in [3.05, 3.63) is 52.0 Å². The average molecular weight is 509 g/mol. The van der Waals surface area contributed by atoms with E-state index in [1.807, 2.05) is 16.3 Å². The van der Waals surface area contributed by atoms with Gasteiger partial charge in [-0.05, 0) is 36.2 Å². The van der Waals surface area contributed by atoms with Crippen LogP contribution in [0.3, 0.4) is 0 Å². The molecule has 0 bridgehead atoms. The van der Waals surface area contributed by atoms with Crippen LogP contribution in [-0.2, 0) is 4.79 Å². The van der Waals surface area contributed by atoms with Gasteiger partial charge in [0, 0.05) is 62.5 Å². The van der Waals surface area contributed by atoms with Crippen molar-refractivity contribution in [1.29, 1.82) is 0 Å². The molecule has 2 saturated heterocycles. The summed E-state index contributed by atoms with van der Waals surface area (Å²) in [5, 5.41) is 2.98. The molecule has 0 radical (unpaired) electrons. The van der Waals surface area contributed by atoms with Gasteiger partial charge < -0.3 is 9.80 Å². The first-order valence-corrected chi connectivity index (χ1v) is 14.3. The summed E-state index contributed by atoms with van der Waals surface area (Å²) in [4.78, 5) is 37.5. The van der Waals surface area contributed by atoms with Crippen LogP contribution in [0.15, 0.2) is 35.7 Å². The Bertz CT molecular complexity index is 1080. The number of rotatable bonds is 5. The lowest BCUT2D eigenvalue weighted by Gasteiger charge is -2.38. The SMILES string of the molecule is CC(c1ccccc1)N1CCN(C(=O)c2csc(C3CCN(C(=O)C4C(C)(C)C4(C)C)CC3)n2)CC1. The molecule has 1 aromatic carbocycles. The summed E-state index contributed by atoms with van der Waals surface area (Å²) < 4.78 is 0. The van der Waals surface area contributed by atoms with E-state index < -0.39 is 0 Å². The molecule has 2 amide bonds. The van der Waals surface area contributed by atoms with Crippen LogP contribution in [0.25, 0.3) is 0 Å². The van der Waals surface area contributed by atoms with Crippen molar-refractivity contribution in [3.8, 4) is 0 Å². The highest BCUT2D eigenvalue weighted by molar-refractivity contribution is 7.09. The molecule has 5 rings (SSSR count). The van der Waals surface area contributed by atoms with Crippen LogP contribution in [-0.4, -0.2) is 70.8 Å². The lowest BCUT2D eigenvalue weighted by molar-refractivity contribution is -0.134. The Labute approximate surface area is 219 Å². The highest BCUT2D eigenvalue weighted by Gasteiger charge is 2.68. The van der Waals surface area contributed by atoms with Gasteiger partial charge in [-0.3, -0.25) is 14.5 Å². The Morgan fingerprint density at radius 1 is 0.917 bits per heavy atom. The summed E-state index contributed by atoms with van der Waals surface area (Å²) in [5.41, 5.74) is 2.06. The van der Waals surface area contributed by atoms with Crippen molar-refractivity contribution < 1.29 is 9.59 Å². The molecule has 36 heavy (non-hydrogen) atoms. The Kier molecular flexibility index (Phi) is 6.75. The van der Waals surface area contributed by atoms with E-state index in [-0.39, 0.29) is 22.7 Å². The monoisotopic (exact) mass is 508 g/mol. The molecule has 1 saturated carbocycles. The van der Waals surface area contributed by atoms with Gasteiger partial charge in [-0.15, -0.1) is 11.3 Å². The number of thiazole rings is 1. The molecule has 1 aromatic heterocycles. The Morgan fingerprint density at radius 3 is 2.11 bits per heavy atom. The van der Waals surface area contributed by atoms with Gasteiger partial charge in [0.05, 0.1) is 5.01 Å². The molecule has 0 spiro atoms. The normalized spacial score (nSPS) is 23.5. The number of benzene rings is 1. The molecule has 2 aromatic rings. The zero-order valence-electron chi connectivity index (χ0n) is 22.4. The third-order valence-electron chi connectivity index (χ3n) is 9.60. The quantitative estimate of drug-likeness (QED) is 0.567. The van der Waals surface area contributed by atoms with Crippen LogP contribution in [0.1, 0.15) is 80.5 Å². The van der Waals surface area contributed by atoms with Gasteiger partial charge in [-0.25, -0.2) is 4.98 Å². The number of nitrogens with zero attached hydrogens (tertiary/aromatic N) is 4. The standard InChI is InChI=1S/C29H40N4O2S/c1-20(21-9-7-6-8-10-21)31-15-17-33(18-16-31)26(34)23-19-36-25(30-23)22-11-13-32(14-12-22)27(35)24-28(2,3)29(24,4)5/h6-10,19-20,22,24H,11-18H2,1-5H3.